The highest BCUT2D eigenvalue weighted by atomic mass is 16.5. The van der Waals surface area contributed by atoms with Crippen LogP contribution in [0.25, 0.3) is 10.4 Å². The highest BCUT2D eigenvalue weighted by Gasteiger charge is 1.97. The topological polar surface area (TPSA) is 70.9 Å². The number of azide groups is 1. The summed E-state index contributed by atoms with van der Waals surface area (Å²) in [6, 6.07) is 3.53. The molecule has 70 valence electrons. The van der Waals surface area contributed by atoms with Crippen molar-refractivity contribution in [3.63, 3.8) is 0 Å². The van der Waals surface area contributed by atoms with E-state index in [1.807, 2.05) is 0 Å². The Morgan fingerprint density at radius 2 is 2.57 bits per heavy atom. The highest BCUT2D eigenvalue weighted by molar-refractivity contribution is 5.40. The average Bonchev–Trinajstić information content (AvgIpc) is 2.25. The molecule has 0 aliphatic carbocycles. The van der Waals surface area contributed by atoms with Gasteiger partial charge in [0.25, 0.3) is 0 Å². The summed E-state index contributed by atoms with van der Waals surface area (Å²) in [5, 5.41) is 3.28. The zero-order chi connectivity index (χ0) is 10.2. The Hall–Kier alpha value is -2.18. The third kappa shape index (κ3) is 2.70. The summed E-state index contributed by atoms with van der Waals surface area (Å²) in [4.78, 5) is 6.59. The minimum Gasteiger partial charge on any atom is -0.494 e. The summed E-state index contributed by atoms with van der Waals surface area (Å²) in [6.07, 6.45) is 1.63. The summed E-state index contributed by atoms with van der Waals surface area (Å²) >= 11 is 0. The molecule has 0 aliphatic heterocycles. The zero-order valence-electron chi connectivity index (χ0n) is 7.64. The molecule has 0 saturated heterocycles. The first-order valence-corrected chi connectivity index (χ1v) is 3.87. The van der Waals surface area contributed by atoms with E-state index < -0.39 is 0 Å². The van der Waals surface area contributed by atoms with Crippen LogP contribution in [0, 0.1) is 11.8 Å². The van der Waals surface area contributed by atoms with Crippen molar-refractivity contribution in [2.75, 3.05) is 13.7 Å². The first kappa shape index (κ1) is 9.90. The van der Waals surface area contributed by atoms with E-state index in [1.165, 1.54) is 0 Å². The molecule has 0 atom stereocenters. The van der Waals surface area contributed by atoms with Crippen LogP contribution in [0.1, 0.15) is 5.69 Å². The molecular weight excluding hydrogens is 180 g/mol. The fraction of sp³-hybridized carbons (Fsp3) is 0.222. The second-order valence-corrected chi connectivity index (χ2v) is 2.25. The number of nitrogens with zero attached hydrogens (tertiary/aromatic N) is 4. The standard InChI is InChI=1S/C9H8N4O/c1-14-9-5-3-6-11-8(9)4-2-7-12-13-10/h3,5-6H,7H2,1H3. The Balaban J connectivity index is 2.82. The van der Waals surface area contributed by atoms with Gasteiger partial charge in [0.1, 0.15) is 0 Å². The third-order valence-electron chi connectivity index (χ3n) is 1.41. The lowest BCUT2D eigenvalue weighted by molar-refractivity contribution is 0.411. The van der Waals surface area contributed by atoms with Gasteiger partial charge in [0.05, 0.1) is 13.7 Å². The molecule has 0 aromatic carbocycles. The van der Waals surface area contributed by atoms with E-state index in [-0.39, 0.29) is 6.54 Å². The van der Waals surface area contributed by atoms with Crippen LogP contribution in [-0.2, 0) is 0 Å². The smallest absolute Gasteiger partial charge is 0.155 e. The van der Waals surface area contributed by atoms with E-state index in [9.17, 15) is 0 Å². The number of methoxy groups -OCH3 is 1. The van der Waals surface area contributed by atoms with Gasteiger partial charge in [-0.3, -0.25) is 0 Å². The van der Waals surface area contributed by atoms with Crippen LogP contribution < -0.4 is 4.74 Å². The Bertz CT molecular complexity index is 412. The summed E-state index contributed by atoms with van der Waals surface area (Å²) in [5.74, 6) is 6.02. The summed E-state index contributed by atoms with van der Waals surface area (Å²) in [6.45, 7) is 0.135. The first-order chi connectivity index (χ1) is 6.88. The summed E-state index contributed by atoms with van der Waals surface area (Å²) in [7, 11) is 1.55. The second kappa shape index (κ2) is 5.46. The molecule has 1 rings (SSSR count). The second-order valence-electron chi connectivity index (χ2n) is 2.25. The van der Waals surface area contributed by atoms with Gasteiger partial charge < -0.3 is 4.74 Å². The minimum atomic E-state index is 0.135. The van der Waals surface area contributed by atoms with Crippen molar-refractivity contribution in [2.45, 2.75) is 0 Å². The van der Waals surface area contributed by atoms with Crippen LogP contribution in [-0.4, -0.2) is 18.6 Å². The molecule has 0 fully saturated rings. The molecule has 1 aromatic heterocycles. The molecule has 0 N–H and O–H groups in total. The SMILES string of the molecule is COc1cccnc1C#CCN=[N+]=[N-]. The largest absolute Gasteiger partial charge is 0.494 e. The first-order valence-electron chi connectivity index (χ1n) is 3.87. The van der Waals surface area contributed by atoms with Gasteiger partial charge in [-0.1, -0.05) is 11.0 Å². The number of pyridine rings is 1. The number of hydrogen-bond acceptors (Lipinski definition) is 3. The van der Waals surface area contributed by atoms with Crippen LogP contribution in [0.15, 0.2) is 23.4 Å². The Kier molecular flexibility index (Phi) is 3.86. The maximum absolute atomic E-state index is 8.01. The van der Waals surface area contributed by atoms with Crippen molar-refractivity contribution >= 4 is 0 Å². The quantitative estimate of drug-likeness (QED) is 0.307. The molecule has 5 heteroatoms. The van der Waals surface area contributed by atoms with Crippen molar-refractivity contribution < 1.29 is 4.74 Å². The molecule has 0 bridgehead atoms. The van der Waals surface area contributed by atoms with E-state index in [2.05, 4.69) is 26.9 Å². The number of ether oxygens (including phenoxy) is 1. The summed E-state index contributed by atoms with van der Waals surface area (Å²) < 4.78 is 5.03. The molecule has 0 aliphatic rings. The molecule has 0 radical (unpaired) electrons. The van der Waals surface area contributed by atoms with Crippen molar-refractivity contribution in [2.24, 2.45) is 5.11 Å². The van der Waals surface area contributed by atoms with Crippen molar-refractivity contribution in [3.05, 3.63) is 34.5 Å². The van der Waals surface area contributed by atoms with Crippen LogP contribution in [0.2, 0.25) is 0 Å². The normalized spacial score (nSPS) is 8.07. The predicted octanol–water partition coefficient (Wildman–Crippen LogP) is 1.75. The third-order valence-corrected chi connectivity index (χ3v) is 1.41. The lowest BCUT2D eigenvalue weighted by Gasteiger charge is -1.99. The Morgan fingerprint density at radius 1 is 1.71 bits per heavy atom. The Morgan fingerprint density at radius 3 is 3.29 bits per heavy atom. The van der Waals surface area contributed by atoms with E-state index in [0.717, 1.165) is 0 Å². The molecule has 14 heavy (non-hydrogen) atoms. The highest BCUT2D eigenvalue weighted by Crippen LogP contribution is 2.12. The van der Waals surface area contributed by atoms with Crippen molar-refractivity contribution in [1.29, 1.82) is 0 Å². The van der Waals surface area contributed by atoms with E-state index in [0.29, 0.717) is 11.4 Å². The van der Waals surface area contributed by atoms with Crippen LogP contribution in [0.4, 0.5) is 0 Å². The van der Waals surface area contributed by atoms with Gasteiger partial charge in [0.2, 0.25) is 0 Å². The fourth-order valence-corrected chi connectivity index (χ4v) is 0.839. The number of aromatic nitrogens is 1. The molecule has 1 aromatic rings. The van der Waals surface area contributed by atoms with Gasteiger partial charge in [-0.25, -0.2) is 4.98 Å². The van der Waals surface area contributed by atoms with Gasteiger partial charge in [0, 0.05) is 11.1 Å². The van der Waals surface area contributed by atoms with Gasteiger partial charge in [-0.2, -0.15) is 0 Å². The zero-order valence-corrected chi connectivity index (χ0v) is 7.64. The van der Waals surface area contributed by atoms with Crippen molar-refractivity contribution in [3.8, 4) is 17.6 Å². The minimum absolute atomic E-state index is 0.135. The van der Waals surface area contributed by atoms with Gasteiger partial charge in [-0.05, 0) is 23.6 Å². The molecule has 0 spiro atoms. The molecule has 0 saturated carbocycles. The lowest BCUT2D eigenvalue weighted by Crippen LogP contribution is -1.90. The molecule has 0 unspecified atom stereocenters. The van der Waals surface area contributed by atoms with Gasteiger partial charge in [-0.15, -0.1) is 0 Å². The molecule has 0 amide bonds. The van der Waals surface area contributed by atoms with Crippen LogP contribution in [0.3, 0.4) is 0 Å². The average molecular weight is 188 g/mol. The molecular formula is C9H8N4O. The van der Waals surface area contributed by atoms with E-state index in [4.69, 9.17) is 10.3 Å². The van der Waals surface area contributed by atoms with E-state index >= 15 is 0 Å². The maximum atomic E-state index is 8.01. The van der Waals surface area contributed by atoms with Gasteiger partial charge in [0.15, 0.2) is 11.4 Å². The van der Waals surface area contributed by atoms with Crippen LogP contribution >= 0.6 is 0 Å². The monoisotopic (exact) mass is 188 g/mol. The molecule has 1 heterocycles. The molecule has 5 nitrogen and oxygen atoms in total. The van der Waals surface area contributed by atoms with E-state index in [1.54, 1.807) is 25.4 Å². The lowest BCUT2D eigenvalue weighted by atomic mass is 10.3. The summed E-state index contributed by atoms with van der Waals surface area (Å²) in [5.41, 5.74) is 8.56. The van der Waals surface area contributed by atoms with Crippen molar-refractivity contribution in [1.82, 2.24) is 4.98 Å². The fourth-order valence-electron chi connectivity index (χ4n) is 0.839. The van der Waals surface area contributed by atoms with Gasteiger partial charge >= 0.3 is 0 Å². The van der Waals surface area contributed by atoms with Crippen LogP contribution in [0.5, 0.6) is 5.75 Å². The maximum Gasteiger partial charge on any atom is 0.155 e. The number of rotatable bonds is 2. The Labute approximate surface area is 81.4 Å². The predicted molar refractivity (Wildman–Crippen MR) is 51.7 cm³/mol. The number of hydrogen-bond donors (Lipinski definition) is 0.